The van der Waals surface area contributed by atoms with Crippen molar-refractivity contribution < 1.29 is 12.8 Å². The summed E-state index contributed by atoms with van der Waals surface area (Å²) in [4.78, 5) is 26.8. The number of oxazole rings is 1. The second kappa shape index (κ2) is 8.54. The first kappa shape index (κ1) is 22.0. The van der Waals surface area contributed by atoms with Crippen molar-refractivity contribution in [1.29, 1.82) is 0 Å². The number of fused-ring (bicyclic) bond motifs is 1. The fourth-order valence-electron chi connectivity index (χ4n) is 3.90. The highest BCUT2D eigenvalue weighted by Crippen LogP contribution is 2.24. The predicted octanol–water partition coefficient (Wildman–Crippen LogP) is 1.88. The van der Waals surface area contributed by atoms with Gasteiger partial charge in [0, 0.05) is 45.5 Å². The molecule has 0 bridgehead atoms. The van der Waals surface area contributed by atoms with E-state index in [0.717, 1.165) is 5.56 Å². The molecule has 3 aromatic heterocycles. The molecule has 12 heteroatoms. The minimum absolute atomic E-state index is 0.129. The first-order chi connectivity index (χ1) is 16.3. The molecule has 0 atom stereocenters. The highest BCUT2D eigenvalue weighted by Gasteiger charge is 2.29. The summed E-state index contributed by atoms with van der Waals surface area (Å²) in [6.07, 6.45) is 3.20. The van der Waals surface area contributed by atoms with Crippen LogP contribution in [0.25, 0.3) is 11.1 Å². The van der Waals surface area contributed by atoms with Crippen LogP contribution in [0.1, 0.15) is 5.56 Å². The summed E-state index contributed by atoms with van der Waals surface area (Å²) < 4.78 is 34.3. The Labute approximate surface area is 195 Å². The minimum atomic E-state index is -3.72. The highest BCUT2D eigenvalue weighted by molar-refractivity contribution is 7.89. The van der Waals surface area contributed by atoms with Gasteiger partial charge in [0.25, 0.3) is 0 Å². The lowest BCUT2D eigenvalue weighted by atomic mass is 10.3. The maximum atomic E-state index is 13.2. The van der Waals surface area contributed by atoms with Gasteiger partial charge in [0.05, 0.1) is 10.4 Å². The number of piperazine rings is 1. The van der Waals surface area contributed by atoms with E-state index in [1.165, 1.54) is 33.4 Å². The Balaban J connectivity index is 1.30. The standard InChI is InChI=1S/C22H23N7O4S/c1-15-5-6-23-19(11-15)26-20-13-21(25-14-24-20)28-7-9-29(10-8-28)34(31,32)16-3-4-18-17(12-16)27(2)22(30)33-18/h3-6,11-14H,7-10H2,1-2H3,(H,23,24,25,26). The largest absolute Gasteiger partial charge is 0.419 e. The van der Waals surface area contributed by atoms with Crippen LogP contribution >= 0.6 is 0 Å². The van der Waals surface area contributed by atoms with Gasteiger partial charge in [-0.15, -0.1) is 0 Å². The zero-order valence-electron chi connectivity index (χ0n) is 18.7. The Hall–Kier alpha value is -3.77. The third-order valence-corrected chi connectivity index (χ3v) is 7.68. The summed E-state index contributed by atoms with van der Waals surface area (Å²) in [5.74, 6) is 1.47. The van der Waals surface area contributed by atoms with E-state index in [1.807, 2.05) is 30.0 Å². The van der Waals surface area contributed by atoms with Gasteiger partial charge >= 0.3 is 5.76 Å². The smallest absolute Gasteiger partial charge is 0.408 e. The van der Waals surface area contributed by atoms with Crippen LogP contribution in [0.5, 0.6) is 0 Å². The van der Waals surface area contributed by atoms with Crippen LogP contribution in [-0.4, -0.2) is 58.4 Å². The quantitative estimate of drug-likeness (QED) is 0.454. The SMILES string of the molecule is Cc1ccnc(Nc2cc(N3CCN(S(=O)(=O)c4ccc5oc(=O)n(C)c5c4)CC3)ncn2)c1. The fraction of sp³-hybridized carbons (Fsp3) is 0.273. The Morgan fingerprint density at radius 1 is 0.971 bits per heavy atom. The van der Waals surface area contributed by atoms with Crippen LogP contribution in [-0.2, 0) is 17.1 Å². The van der Waals surface area contributed by atoms with Gasteiger partial charge in [-0.1, -0.05) is 0 Å². The maximum absolute atomic E-state index is 13.2. The van der Waals surface area contributed by atoms with Gasteiger partial charge in [-0.3, -0.25) is 4.57 Å². The van der Waals surface area contributed by atoms with Gasteiger partial charge in [-0.2, -0.15) is 4.31 Å². The lowest BCUT2D eigenvalue weighted by Crippen LogP contribution is -2.48. The van der Waals surface area contributed by atoms with Gasteiger partial charge in [0.2, 0.25) is 10.0 Å². The van der Waals surface area contributed by atoms with Gasteiger partial charge in [0.1, 0.15) is 23.8 Å². The molecule has 4 heterocycles. The predicted molar refractivity (Wildman–Crippen MR) is 127 cm³/mol. The van der Waals surface area contributed by atoms with Crippen molar-refractivity contribution in [3.63, 3.8) is 0 Å². The van der Waals surface area contributed by atoms with Gasteiger partial charge in [0.15, 0.2) is 5.58 Å². The number of rotatable bonds is 5. The second-order valence-electron chi connectivity index (χ2n) is 8.05. The van der Waals surface area contributed by atoms with Crippen LogP contribution < -0.4 is 16.0 Å². The van der Waals surface area contributed by atoms with Crippen molar-refractivity contribution in [2.24, 2.45) is 7.05 Å². The average Bonchev–Trinajstić information content (AvgIpc) is 3.12. The number of pyridine rings is 1. The molecule has 1 aliphatic rings. The van der Waals surface area contributed by atoms with E-state index in [4.69, 9.17) is 4.42 Å². The van der Waals surface area contributed by atoms with Crippen molar-refractivity contribution in [3.8, 4) is 0 Å². The Bertz CT molecular complexity index is 1520. The molecule has 176 valence electrons. The third-order valence-electron chi connectivity index (χ3n) is 5.79. The molecule has 1 N–H and O–H groups in total. The fourth-order valence-corrected chi connectivity index (χ4v) is 5.34. The number of aryl methyl sites for hydroxylation is 2. The number of anilines is 3. The van der Waals surface area contributed by atoms with Gasteiger partial charge in [-0.05, 0) is 42.8 Å². The van der Waals surface area contributed by atoms with Crippen LogP contribution in [0.4, 0.5) is 17.5 Å². The van der Waals surface area contributed by atoms with E-state index in [1.54, 1.807) is 13.2 Å². The van der Waals surface area contributed by atoms with Crippen LogP contribution in [0.2, 0.25) is 0 Å². The van der Waals surface area contributed by atoms with Crippen LogP contribution in [0.15, 0.2) is 63.0 Å². The topological polar surface area (TPSA) is 126 Å². The molecular formula is C22H23N7O4S. The van der Waals surface area contributed by atoms with E-state index in [9.17, 15) is 13.2 Å². The first-order valence-corrected chi connectivity index (χ1v) is 12.1. The first-order valence-electron chi connectivity index (χ1n) is 10.7. The minimum Gasteiger partial charge on any atom is -0.408 e. The molecule has 1 saturated heterocycles. The van der Waals surface area contributed by atoms with Crippen molar-refractivity contribution in [2.45, 2.75) is 11.8 Å². The van der Waals surface area contributed by atoms with Crippen molar-refractivity contribution in [1.82, 2.24) is 23.8 Å². The number of hydrogen-bond acceptors (Lipinski definition) is 9. The number of benzene rings is 1. The monoisotopic (exact) mass is 481 g/mol. The summed E-state index contributed by atoms with van der Waals surface area (Å²) in [5.41, 5.74) is 1.87. The van der Waals surface area contributed by atoms with Crippen LogP contribution in [0, 0.1) is 6.92 Å². The number of nitrogens with one attached hydrogen (secondary N) is 1. The Morgan fingerprint density at radius 2 is 1.74 bits per heavy atom. The normalized spacial score (nSPS) is 15.1. The lowest BCUT2D eigenvalue weighted by Gasteiger charge is -2.34. The van der Waals surface area contributed by atoms with E-state index in [2.05, 4.69) is 20.3 Å². The molecule has 0 radical (unpaired) electrons. The number of sulfonamides is 1. The average molecular weight is 482 g/mol. The molecule has 11 nitrogen and oxygen atoms in total. The molecule has 34 heavy (non-hydrogen) atoms. The summed E-state index contributed by atoms with van der Waals surface area (Å²) >= 11 is 0. The molecule has 0 spiro atoms. The second-order valence-corrected chi connectivity index (χ2v) is 9.99. The third kappa shape index (κ3) is 4.13. The number of nitrogens with zero attached hydrogens (tertiary/aromatic N) is 6. The number of aromatic nitrogens is 4. The maximum Gasteiger partial charge on any atom is 0.419 e. The van der Waals surface area contributed by atoms with Crippen molar-refractivity contribution >= 4 is 38.6 Å². The molecule has 0 aliphatic carbocycles. The van der Waals surface area contributed by atoms with E-state index in [0.29, 0.717) is 54.7 Å². The van der Waals surface area contributed by atoms with Gasteiger partial charge in [-0.25, -0.2) is 28.2 Å². The molecule has 4 aromatic rings. The molecule has 0 amide bonds. The summed E-state index contributed by atoms with van der Waals surface area (Å²) in [6, 6.07) is 10.1. The van der Waals surface area contributed by atoms with E-state index < -0.39 is 15.8 Å². The molecule has 1 aliphatic heterocycles. The summed E-state index contributed by atoms with van der Waals surface area (Å²) in [7, 11) is -2.18. The molecule has 1 fully saturated rings. The van der Waals surface area contributed by atoms with E-state index >= 15 is 0 Å². The van der Waals surface area contributed by atoms with Crippen LogP contribution in [0.3, 0.4) is 0 Å². The number of hydrogen-bond donors (Lipinski definition) is 1. The van der Waals surface area contributed by atoms with E-state index in [-0.39, 0.29) is 4.90 Å². The zero-order chi connectivity index (χ0) is 23.9. The summed E-state index contributed by atoms with van der Waals surface area (Å²) in [5, 5.41) is 3.17. The zero-order valence-corrected chi connectivity index (χ0v) is 19.5. The highest BCUT2D eigenvalue weighted by atomic mass is 32.2. The van der Waals surface area contributed by atoms with Gasteiger partial charge < -0.3 is 14.6 Å². The summed E-state index contributed by atoms with van der Waals surface area (Å²) in [6.45, 7) is 3.55. The van der Waals surface area contributed by atoms with Crippen molar-refractivity contribution in [2.75, 3.05) is 36.4 Å². The molecule has 0 unspecified atom stereocenters. The Morgan fingerprint density at radius 3 is 2.50 bits per heavy atom. The molecular weight excluding hydrogens is 458 g/mol. The van der Waals surface area contributed by atoms with Crippen molar-refractivity contribution in [3.05, 3.63) is 65.0 Å². The molecule has 0 saturated carbocycles. The molecule has 1 aromatic carbocycles. The molecule has 5 rings (SSSR count). The Kier molecular flexibility index (Phi) is 5.54. The lowest BCUT2D eigenvalue weighted by molar-refractivity contribution is 0.384.